The quantitative estimate of drug-likeness (QED) is 0.0976. The Hall–Kier alpha value is -5.36. The number of nitrogens with two attached hydrogens (primary N) is 2. The normalized spacial score (nSPS) is 22.6. The van der Waals surface area contributed by atoms with Crippen LogP contribution in [0, 0.1) is 11.8 Å². The second-order valence-corrected chi connectivity index (χ2v) is 12.2. The number of nitrogens with one attached hydrogen (secondary N) is 2. The van der Waals surface area contributed by atoms with Crippen LogP contribution in [0.25, 0.3) is 22.3 Å². The molecule has 4 aliphatic carbocycles. The van der Waals surface area contributed by atoms with E-state index in [0.717, 1.165) is 72.5 Å². The van der Waals surface area contributed by atoms with Gasteiger partial charge in [0.1, 0.15) is 0 Å². The molecule has 18 nitrogen and oxygen atoms in total. The van der Waals surface area contributed by atoms with Gasteiger partial charge in [0.15, 0.2) is 34.0 Å². The molecule has 4 aromatic heterocycles. The van der Waals surface area contributed by atoms with Crippen molar-refractivity contribution in [3.8, 4) is 0 Å². The third-order valence-electron chi connectivity index (χ3n) is 8.38. The van der Waals surface area contributed by atoms with Gasteiger partial charge < -0.3 is 51.7 Å². The number of aliphatic hydroxyl groups excluding tert-OH is 2. The second-order valence-electron chi connectivity index (χ2n) is 12.2. The Morgan fingerprint density at radius 3 is 1.40 bits per heavy atom. The summed E-state index contributed by atoms with van der Waals surface area (Å²) < 4.78 is 4.02. The molecule has 0 aliphatic heterocycles. The Balaban J connectivity index is 0.000000144. The maximum atomic E-state index is 9.26. The summed E-state index contributed by atoms with van der Waals surface area (Å²) in [5.74, 6) is -1.28. The number of aliphatic hydroxyl groups is 2. The van der Waals surface area contributed by atoms with Crippen LogP contribution < -0.4 is 22.1 Å². The zero-order valence-electron chi connectivity index (χ0n) is 25.9. The fourth-order valence-corrected chi connectivity index (χ4v) is 5.58. The number of aliphatic carboxylic acids is 2. The summed E-state index contributed by atoms with van der Waals surface area (Å²) in [6.45, 7) is 0.344. The fraction of sp³-hybridized carbons (Fsp3) is 0.467. The van der Waals surface area contributed by atoms with Gasteiger partial charge in [0.05, 0.1) is 24.7 Å². The highest BCUT2D eigenvalue weighted by atomic mass is 16.4. The molecular weight excluding hydrogens is 624 g/mol. The standard InChI is InChI=1S/2C14H18N6O.C2H2O4/c2*15-14-18-12(17-9-2-3-9)11-13(19-14)20(7-16-11)10-4-1-8(5-10)6-21;3-1(4)2(5)6/h2*1,4,7-10,21H,2-3,5-6H2,(H3,15,17,18,19);(H,3,4)(H,5,6)/t2*8-,10+;/m11./s1. The number of rotatable bonds is 8. The molecule has 0 unspecified atom stereocenters. The van der Waals surface area contributed by atoms with Crippen molar-refractivity contribution in [2.75, 3.05) is 35.3 Å². The zero-order chi connectivity index (χ0) is 33.9. The second kappa shape index (κ2) is 13.8. The van der Waals surface area contributed by atoms with Gasteiger partial charge in [0, 0.05) is 37.1 Å². The molecule has 0 spiro atoms. The maximum absolute atomic E-state index is 9.26. The Kier molecular flexibility index (Phi) is 9.35. The van der Waals surface area contributed by atoms with Crippen LogP contribution in [0.4, 0.5) is 23.5 Å². The number of aromatic nitrogens is 8. The topological polar surface area (TPSA) is 278 Å². The first-order valence-electron chi connectivity index (χ1n) is 15.7. The number of nitrogens with zero attached hydrogens (tertiary/aromatic N) is 8. The Labute approximate surface area is 273 Å². The van der Waals surface area contributed by atoms with Gasteiger partial charge in [0.2, 0.25) is 11.9 Å². The highest BCUT2D eigenvalue weighted by Crippen LogP contribution is 2.34. The zero-order valence-corrected chi connectivity index (χ0v) is 25.9. The van der Waals surface area contributed by atoms with Gasteiger partial charge in [-0.1, -0.05) is 24.3 Å². The van der Waals surface area contributed by atoms with Gasteiger partial charge in [-0.05, 0) is 38.5 Å². The van der Waals surface area contributed by atoms with E-state index in [1.165, 1.54) is 0 Å². The molecule has 254 valence electrons. The van der Waals surface area contributed by atoms with Crippen molar-refractivity contribution in [3.05, 3.63) is 37.0 Å². The van der Waals surface area contributed by atoms with E-state index in [0.29, 0.717) is 12.1 Å². The highest BCUT2D eigenvalue weighted by molar-refractivity contribution is 6.27. The molecule has 48 heavy (non-hydrogen) atoms. The first kappa shape index (κ1) is 32.6. The number of carbonyl (C=O) groups is 2. The largest absolute Gasteiger partial charge is 0.473 e. The Bertz CT molecular complexity index is 1730. The lowest BCUT2D eigenvalue weighted by Gasteiger charge is -2.13. The molecule has 0 bridgehead atoms. The lowest BCUT2D eigenvalue weighted by molar-refractivity contribution is -0.159. The number of allylic oxidation sites excluding steroid dienone is 2. The summed E-state index contributed by atoms with van der Waals surface area (Å²) in [5.41, 5.74) is 14.7. The molecule has 0 saturated heterocycles. The van der Waals surface area contributed by atoms with Gasteiger partial charge in [-0.25, -0.2) is 19.6 Å². The predicted molar refractivity (Wildman–Crippen MR) is 175 cm³/mol. The summed E-state index contributed by atoms with van der Waals surface area (Å²) in [4.78, 5) is 44.4. The first-order valence-corrected chi connectivity index (χ1v) is 15.7. The molecule has 10 N–H and O–H groups in total. The van der Waals surface area contributed by atoms with Crippen LogP contribution in [0.15, 0.2) is 37.0 Å². The maximum Gasteiger partial charge on any atom is 0.414 e. The smallest absolute Gasteiger partial charge is 0.414 e. The number of anilines is 4. The van der Waals surface area contributed by atoms with E-state index in [2.05, 4.69) is 52.7 Å². The number of imidazole rings is 2. The lowest BCUT2D eigenvalue weighted by Crippen LogP contribution is -2.10. The van der Waals surface area contributed by atoms with Crippen LogP contribution in [0.2, 0.25) is 0 Å². The van der Waals surface area contributed by atoms with Crippen LogP contribution in [-0.4, -0.2) is 96.7 Å². The van der Waals surface area contributed by atoms with E-state index < -0.39 is 11.9 Å². The van der Waals surface area contributed by atoms with Crippen LogP contribution >= 0.6 is 0 Å². The number of carboxylic acid groups (broad SMARTS) is 2. The van der Waals surface area contributed by atoms with Crippen molar-refractivity contribution in [3.63, 3.8) is 0 Å². The predicted octanol–water partition coefficient (Wildman–Crippen LogP) is 1.34. The van der Waals surface area contributed by atoms with Crippen molar-refractivity contribution in [2.24, 2.45) is 11.8 Å². The minimum Gasteiger partial charge on any atom is -0.473 e. The average Bonchev–Trinajstić information content (AvgIpc) is 3.78. The van der Waals surface area contributed by atoms with Gasteiger partial charge in [-0.15, -0.1) is 0 Å². The van der Waals surface area contributed by atoms with E-state index in [-0.39, 0.29) is 49.0 Å². The molecule has 4 heterocycles. The van der Waals surface area contributed by atoms with Crippen LogP contribution in [0.3, 0.4) is 0 Å². The van der Waals surface area contributed by atoms with E-state index in [4.69, 9.17) is 31.3 Å². The molecule has 4 aliphatic rings. The van der Waals surface area contributed by atoms with Gasteiger partial charge >= 0.3 is 11.9 Å². The summed E-state index contributed by atoms with van der Waals surface area (Å²) in [7, 11) is 0. The molecule has 4 atom stereocenters. The average molecular weight is 663 g/mol. The number of hydrogen-bond donors (Lipinski definition) is 8. The van der Waals surface area contributed by atoms with Crippen molar-refractivity contribution >= 4 is 57.8 Å². The number of nitrogen functional groups attached to an aromatic ring is 2. The summed E-state index contributed by atoms with van der Waals surface area (Å²) in [6.07, 6.45) is 18.2. The summed E-state index contributed by atoms with van der Waals surface area (Å²) in [5, 5.41) is 40.0. The van der Waals surface area contributed by atoms with E-state index >= 15 is 0 Å². The molecule has 0 radical (unpaired) electrons. The minimum absolute atomic E-state index is 0.162. The molecule has 0 amide bonds. The highest BCUT2D eigenvalue weighted by Gasteiger charge is 2.28. The Morgan fingerprint density at radius 1 is 0.688 bits per heavy atom. The third-order valence-corrected chi connectivity index (χ3v) is 8.38. The van der Waals surface area contributed by atoms with Crippen molar-refractivity contribution in [2.45, 2.75) is 62.7 Å². The van der Waals surface area contributed by atoms with E-state index in [1.807, 2.05) is 21.3 Å². The number of fused-ring (bicyclic) bond motifs is 2. The van der Waals surface area contributed by atoms with Crippen LogP contribution in [0.1, 0.15) is 50.6 Å². The molecule has 18 heteroatoms. The van der Waals surface area contributed by atoms with Crippen LogP contribution in [0.5, 0.6) is 0 Å². The van der Waals surface area contributed by atoms with Gasteiger partial charge in [-0.2, -0.15) is 19.9 Å². The first-order chi connectivity index (χ1) is 23.1. The van der Waals surface area contributed by atoms with Crippen LogP contribution in [-0.2, 0) is 9.59 Å². The number of hydrogen-bond acceptors (Lipinski definition) is 14. The third kappa shape index (κ3) is 7.44. The minimum atomic E-state index is -1.82. The Morgan fingerprint density at radius 2 is 1.08 bits per heavy atom. The van der Waals surface area contributed by atoms with Crippen molar-refractivity contribution in [1.82, 2.24) is 39.0 Å². The van der Waals surface area contributed by atoms with Gasteiger partial charge in [-0.3, -0.25) is 0 Å². The van der Waals surface area contributed by atoms with Crippen molar-refractivity contribution in [1.29, 1.82) is 0 Å². The fourth-order valence-electron chi connectivity index (χ4n) is 5.58. The monoisotopic (exact) mass is 662 g/mol. The molecule has 8 rings (SSSR count). The van der Waals surface area contributed by atoms with E-state index in [9.17, 15) is 10.2 Å². The summed E-state index contributed by atoms with van der Waals surface area (Å²) in [6, 6.07) is 1.29. The lowest BCUT2D eigenvalue weighted by atomic mass is 10.1. The van der Waals surface area contributed by atoms with Crippen molar-refractivity contribution < 1.29 is 30.0 Å². The molecule has 2 fully saturated rings. The SMILES string of the molecule is Nc1nc(NC2CC2)c2ncn([C@H]3C=C[C@@H](CO)C3)c2n1.Nc1nc(NC2CC2)c2ncn([C@H]3C=C[C@@H](CO)C3)c2n1.O=C(O)C(=O)O. The molecule has 0 aromatic carbocycles. The molecular formula is C30H38N12O6. The molecule has 4 aromatic rings. The summed E-state index contributed by atoms with van der Waals surface area (Å²) >= 11 is 0. The van der Waals surface area contributed by atoms with E-state index in [1.54, 1.807) is 12.7 Å². The number of carboxylic acids is 2. The van der Waals surface area contributed by atoms with Gasteiger partial charge in [0.25, 0.3) is 0 Å². The molecule has 2 saturated carbocycles.